The summed E-state index contributed by atoms with van der Waals surface area (Å²) in [4.78, 5) is 33.6. The van der Waals surface area contributed by atoms with Gasteiger partial charge in [-0.3, -0.25) is 14.6 Å². The molecule has 31 heavy (non-hydrogen) atoms. The van der Waals surface area contributed by atoms with Crippen LogP contribution < -0.4 is 4.90 Å². The Bertz CT molecular complexity index is 934. The Balaban J connectivity index is 1.76. The third kappa shape index (κ3) is 4.32. The third-order valence-electron chi connectivity index (χ3n) is 6.91. The number of rotatable bonds is 4. The van der Waals surface area contributed by atoms with E-state index in [4.69, 9.17) is 9.73 Å². The maximum absolute atomic E-state index is 13.4. The van der Waals surface area contributed by atoms with Crippen molar-refractivity contribution in [3.05, 3.63) is 41.1 Å². The Labute approximate surface area is 185 Å². The van der Waals surface area contributed by atoms with Crippen molar-refractivity contribution in [1.82, 2.24) is 0 Å². The SMILES string of the molecule is CC1=NC2=C(C(=O)CC(C)(C)C2)[C@H](c2ccc(N(C)C)cc2)C1C(=O)OC1CCCC1. The van der Waals surface area contributed by atoms with E-state index in [0.717, 1.165) is 60.3 Å². The first-order valence-electron chi connectivity index (χ1n) is 11.5. The van der Waals surface area contributed by atoms with Crippen molar-refractivity contribution in [2.24, 2.45) is 16.3 Å². The minimum atomic E-state index is -0.547. The highest BCUT2D eigenvalue weighted by molar-refractivity contribution is 6.09. The van der Waals surface area contributed by atoms with Crippen molar-refractivity contribution in [2.75, 3.05) is 19.0 Å². The molecule has 0 saturated heterocycles. The molecule has 1 heterocycles. The van der Waals surface area contributed by atoms with E-state index >= 15 is 0 Å². The van der Waals surface area contributed by atoms with Gasteiger partial charge in [0.15, 0.2) is 5.78 Å². The highest BCUT2D eigenvalue weighted by atomic mass is 16.5. The summed E-state index contributed by atoms with van der Waals surface area (Å²) in [5.41, 5.74) is 4.28. The topological polar surface area (TPSA) is 59.0 Å². The molecule has 0 amide bonds. The van der Waals surface area contributed by atoms with Gasteiger partial charge in [0.2, 0.25) is 0 Å². The Morgan fingerprint density at radius 2 is 1.74 bits per heavy atom. The second kappa shape index (κ2) is 8.25. The smallest absolute Gasteiger partial charge is 0.315 e. The molecule has 1 aliphatic heterocycles. The molecule has 2 aliphatic carbocycles. The van der Waals surface area contributed by atoms with Crippen molar-refractivity contribution < 1.29 is 14.3 Å². The van der Waals surface area contributed by atoms with Crippen LogP contribution in [-0.4, -0.2) is 37.7 Å². The van der Waals surface area contributed by atoms with E-state index in [2.05, 4.69) is 13.8 Å². The van der Waals surface area contributed by atoms with E-state index in [9.17, 15) is 9.59 Å². The Morgan fingerprint density at radius 1 is 1.10 bits per heavy atom. The van der Waals surface area contributed by atoms with Crippen LogP contribution in [0, 0.1) is 11.3 Å². The fraction of sp³-hybridized carbons (Fsp3) is 0.577. The molecule has 1 fully saturated rings. The van der Waals surface area contributed by atoms with Crippen LogP contribution in [0.2, 0.25) is 0 Å². The van der Waals surface area contributed by atoms with Crippen molar-refractivity contribution in [3.8, 4) is 0 Å². The van der Waals surface area contributed by atoms with Gasteiger partial charge < -0.3 is 9.64 Å². The van der Waals surface area contributed by atoms with E-state index < -0.39 is 5.92 Å². The predicted octanol–water partition coefficient (Wildman–Crippen LogP) is 5.06. The van der Waals surface area contributed by atoms with Crippen molar-refractivity contribution >= 4 is 23.2 Å². The lowest BCUT2D eigenvalue weighted by molar-refractivity contribution is -0.151. The molecule has 4 rings (SSSR count). The number of allylic oxidation sites excluding steroid dienone is 2. The molecular weight excluding hydrogens is 388 g/mol. The number of Topliss-reactive ketones (excluding diaryl/α,β-unsaturated/α-hetero) is 1. The van der Waals surface area contributed by atoms with Crippen LogP contribution in [0.5, 0.6) is 0 Å². The van der Waals surface area contributed by atoms with Gasteiger partial charge in [-0.25, -0.2) is 0 Å². The fourth-order valence-electron chi connectivity index (χ4n) is 5.33. The number of nitrogens with zero attached hydrogens (tertiary/aromatic N) is 2. The van der Waals surface area contributed by atoms with Crippen molar-refractivity contribution in [3.63, 3.8) is 0 Å². The normalized spacial score (nSPS) is 25.8. The molecule has 0 bridgehead atoms. The molecule has 0 N–H and O–H groups in total. The minimum Gasteiger partial charge on any atom is -0.462 e. The molecular formula is C26H34N2O3. The van der Waals surface area contributed by atoms with Crippen LogP contribution in [0.4, 0.5) is 5.69 Å². The summed E-state index contributed by atoms with van der Waals surface area (Å²) in [7, 11) is 4.00. The standard InChI is InChI=1S/C26H34N2O3/c1-16-22(25(30)31-19-8-6-7-9-19)23(17-10-12-18(13-11-17)28(4)5)24-20(27-16)14-26(2,3)15-21(24)29/h10-13,19,22-23H,6-9,14-15H2,1-5H3/t22?,23-/m1/s1. The van der Waals surface area contributed by atoms with Gasteiger partial charge in [0.1, 0.15) is 12.0 Å². The van der Waals surface area contributed by atoms with Gasteiger partial charge in [-0.1, -0.05) is 26.0 Å². The molecule has 0 radical (unpaired) electrons. The highest BCUT2D eigenvalue weighted by Gasteiger charge is 2.46. The number of ether oxygens (including phenoxy) is 1. The summed E-state index contributed by atoms with van der Waals surface area (Å²) in [5, 5.41) is 0. The molecule has 1 aromatic rings. The highest BCUT2D eigenvalue weighted by Crippen LogP contribution is 2.48. The fourth-order valence-corrected chi connectivity index (χ4v) is 5.33. The average molecular weight is 423 g/mol. The minimum absolute atomic E-state index is 0.00608. The Kier molecular flexibility index (Phi) is 5.80. The number of anilines is 1. The maximum Gasteiger partial charge on any atom is 0.315 e. The van der Waals surface area contributed by atoms with Gasteiger partial charge in [0.25, 0.3) is 0 Å². The van der Waals surface area contributed by atoms with Crippen molar-refractivity contribution in [2.45, 2.75) is 71.3 Å². The van der Waals surface area contributed by atoms with E-state index in [1.54, 1.807) is 0 Å². The van der Waals surface area contributed by atoms with Crippen LogP contribution in [0.3, 0.4) is 0 Å². The molecule has 0 aromatic heterocycles. The number of hydrogen-bond acceptors (Lipinski definition) is 5. The van der Waals surface area contributed by atoms with Gasteiger partial charge in [0, 0.05) is 49.1 Å². The Hall–Kier alpha value is -2.43. The van der Waals surface area contributed by atoms with Crippen LogP contribution in [-0.2, 0) is 14.3 Å². The summed E-state index contributed by atoms with van der Waals surface area (Å²) in [6, 6.07) is 8.19. The number of carbonyl (C=O) groups is 2. The first-order valence-corrected chi connectivity index (χ1v) is 11.5. The lowest BCUT2D eigenvalue weighted by Gasteiger charge is -2.39. The van der Waals surface area contributed by atoms with Crippen LogP contribution in [0.1, 0.15) is 70.8 Å². The zero-order valence-electron chi connectivity index (χ0n) is 19.4. The first kappa shape index (κ1) is 21.8. The monoisotopic (exact) mass is 422 g/mol. The van der Waals surface area contributed by atoms with Gasteiger partial charge in [0.05, 0.1) is 0 Å². The number of carbonyl (C=O) groups excluding carboxylic acids is 2. The summed E-state index contributed by atoms with van der Waals surface area (Å²) in [5.74, 6) is -1.00. The number of benzene rings is 1. The Morgan fingerprint density at radius 3 is 2.35 bits per heavy atom. The predicted molar refractivity (Wildman–Crippen MR) is 124 cm³/mol. The van der Waals surface area contributed by atoms with Crippen LogP contribution in [0.25, 0.3) is 0 Å². The van der Waals surface area contributed by atoms with Crippen LogP contribution >= 0.6 is 0 Å². The molecule has 3 aliphatic rings. The maximum atomic E-state index is 13.4. The van der Waals surface area contributed by atoms with E-state index in [-0.39, 0.29) is 29.2 Å². The number of ketones is 1. The molecule has 2 atom stereocenters. The molecule has 166 valence electrons. The summed E-state index contributed by atoms with van der Waals surface area (Å²) < 4.78 is 5.93. The molecule has 5 nitrogen and oxygen atoms in total. The molecule has 1 aromatic carbocycles. The molecule has 1 unspecified atom stereocenters. The number of hydrogen-bond donors (Lipinski definition) is 0. The van der Waals surface area contributed by atoms with E-state index in [1.165, 1.54) is 0 Å². The molecule has 1 saturated carbocycles. The third-order valence-corrected chi connectivity index (χ3v) is 6.91. The quantitative estimate of drug-likeness (QED) is 0.637. The first-order chi connectivity index (χ1) is 14.7. The van der Waals surface area contributed by atoms with E-state index in [0.29, 0.717) is 6.42 Å². The van der Waals surface area contributed by atoms with Gasteiger partial charge in [-0.2, -0.15) is 0 Å². The molecule has 0 spiro atoms. The zero-order valence-corrected chi connectivity index (χ0v) is 19.4. The number of esters is 1. The van der Waals surface area contributed by atoms with Gasteiger partial charge in [-0.05, 0) is 62.1 Å². The molecule has 5 heteroatoms. The number of aliphatic imine (C=N–C) groups is 1. The lowest BCUT2D eigenvalue weighted by atomic mass is 9.67. The van der Waals surface area contributed by atoms with Gasteiger partial charge >= 0.3 is 5.97 Å². The zero-order chi connectivity index (χ0) is 22.3. The average Bonchev–Trinajstić information content (AvgIpc) is 3.18. The summed E-state index contributed by atoms with van der Waals surface area (Å²) in [6.07, 6.45) is 5.30. The second-order valence-electron chi connectivity index (χ2n) is 10.3. The van der Waals surface area contributed by atoms with Crippen molar-refractivity contribution in [1.29, 1.82) is 0 Å². The van der Waals surface area contributed by atoms with Crippen LogP contribution in [0.15, 0.2) is 40.5 Å². The second-order valence-corrected chi connectivity index (χ2v) is 10.3. The summed E-state index contributed by atoms with van der Waals surface area (Å²) in [6.45, 7) is 6.14. The largest absolute Gasteiger partial charge is 0.462 e. The summed E-state index contributed by atoms with van der Waals surface area (Å²) >= 11 is 0. The van der Waals surface area contributed by atoms with E-state index in [1.807, 2.05) is 50.2 Å². The lowest BCUT2D eigenvalue weighted by Crippen LogP contribution is -2.40. The van der Waals surface area contributed by atoms with Gasteiger partial charge in [-0.15, -0.1) is 0 Å².